The second kappa shape index (κ2) is 8.88. The number of β-amino-alcohol motifs (C(OH)–C–C–N with tert-alkyl or cyclic N) is 1. The summed E-state index contributed by atoms with van der Waals surface area (Å²) >= 11 is 0. The number of hydrogen-bond donors (Lipinski definition) is 1. The van der Waals surface area contributed by atoms with Crippen LogP contribution in [0.3, 0.4) is 0 Å². The van der Waals surface area contributed by atoms with E-state index in [1.807, 2.05) is 17.0 Å². The topological polar surface area (TPSA) is 43.8 Å². The van der Waals surface area contributed by atoms with Crippen molar-refractivity contribution in [3.05, 3.63) is 41.5 Å². The van der Waals surface area contributed by atoms with Crippen molar-refractivity contribution >= 4 is 11.6 Å². The second-order valence-corrected chi connectivity index (χ2v) is 6.82. The Morgan fingerprint density at radius 3 is 2.75 bits per heavy atom. The molecule has 0 saturated heterocycles. The Balaban J connectivity index is 2.23. The van der Waals surface area contributed by atoms with Crippen LogP contribution in [-0.4, -0.2) is 41.7 Å². The van der Waals surface area contributed by atoms with E-state index in [9.17, 15) is 9.90 Å². The van der Waals surface area contributed by atoms with Crippen LogP contribution in [0.15, 0.2) is 35.9 Å². The van der Waals surface area contributed by atoms with Crippen molar-refractivity contribution in [3.8, 4) is 0 Å². The third kappa shape index (κ3) is 5.10. The Labute approximate surface area is 145 Å². The number of hydrogen-bond acceptors (Lipinski definition) is 3. The van der Waals surface area contributed by atoms with Gasteiger partial charge in [0, 0.05) is 38.3 Å². The van der Waals surface area contributed by atoms with Gasteiger partial charge in [0.2, 0.25) is 5.91 Å². The minimum Gasteiger partial charge on any atom is -0.391 e. The second-order valence-electron chi connectivity index (χ2n) is 6.82. The number of carbonyl (C=O) groups is 1. The fourth-order valence-corrected chi connectivity index (χ4v) is 3.08. The van der Waals surface area contributed by atoms with E-state index in [0.717, 1.165) is 24.1 Å². The number of aliphatic hydroxyl groups is 1. The first-order valence-electron chi connectivity index (χ1n) is 8.93. The lowest BCUT2D eigenvalue weighted by molar-refractivity contribution is -0.131. The molecule has 1 unspecified atom stereocenters. The molecule has 4 nitrogen and oxygen atoms in total. The molecule has 1 N–H and O–H groups in total. The smallest absolute Gasteiger partial charge is 0.224 e. The average molecular weight is 330 g/mol. The molecule has 24 heavy (non-hydrogen) atoms. The van der Waals surface area contributed by atoms with E-state index in [1.54, 1.807) is 0 Å². The van der Waals surface area contributed by atoms with Gasteiger partial charge >= 0.3 is 0 Å². The molecule has 4 heteroatoms. The quantitative estimate of drug-likeness (QED) is 0.814. The van der Waals surface area contributed by atoms with Gasteiger partial charge in [-0.15, -0.1) is 0 Å². The molecule has 2 rings (SSSR count). The third-order valence-corrected chi connectivity index (χ3v) is 4.41. The normalized spacial score (nSPS) is 16.2. The molecule has 1 atom stereocenters. The molecular weight excluding hydrogens is 300 g/mol. The van der Waals surface area contributed by atoms with Crippen LogP contribution in [0.25, 0.3) is 0 Å². The number of benzene rings is 1. The van der Waals surface area contributed by atoms with Crippen LogP contribution >= 0.6 is 0 Å². The molecule has 0 saturated carbocycles. The van der Waals surface area contributed by atoms with Crippen LogP contribution in [0, 0.1) is 0 Å². The maximum absolute atomic E-state index is 12.6. The number of nitrogens with zero attached hydrogens (tertiary/aromatic N) is 2. The summed E-state index contributed by atoms with van der Waals surface area (Å²) in [5, 5.41) is 10.2. The van der Waals surface area contributed by atoms with Crippen LogP contribution in [0.4, 0.5) is 5.69 Å². The highest BCUT2D eigenvalue weighted by Crippen LogP contribution is 2.25. The number of fused-ring (bicyclic) bond motifs is 1. The highest BCUT2D eigenvalue weighted by atomic mass is 16.3. The zero-order valence-electron chi connectivity index (χ0n) is 15.2. The van der Waals surface area contributed by atoms with Gasteiger partial charge in [-0.2, -0.15) is 0 Å². The van der Waals surface area contributed by atoms with Crippen molar-refractivity contribution in [2.45, 2.75) is 52.7 Å². The lowest BCUT2D eigenvalue weighted by atomic mass is 10.1. The maximum atomic E-state index is 12.6. The third-order valence-electron chi connectivity index (χ3n) is 4.41. The number of amides is 1. The Morgan fingerprint density at radius 2 is 2.04 bits per heavy atom. The van der Waals surface area contributed by atoms with Crippen LogP contribution in [-0.2, 0) is 11.3 Å². The van der Waals surface area contributed by atoms with Crippen LogP contribution < -0.4 is 4.90 Å². The van der Waals surface area contributed by atoms with Gasteiger partial charge < -0.3 is 14.9 Å². The molecule has 0 aromatic heterocycles. The average Bonchev–Trinajstić information content (AvgIpc) is 2.54. The molecule has 0 aliphatic carbocycles. The van der Waals surface area contributed by atoms with E-state index >= 15 is 0 Å². The molecule has 1 amide bonds. The van der Waals surface area contributed by atoms with Gasteiger partial charge in [-0.25, -0.2) is 0 Å². The molecular formula is C20H30N2O2. The molecule has 1 aromatic rings. The Morgan fingerprint density at radius 1 is 1.29 bits per heavy atom. The number of carbonyl (C=O) groups excluding carboxylic acids is 1. The van der Waals surface area contributed by atoms with E-state index in [4.69, 9.17) is 0 Å². The van der Waals surface area contributed by atoms with Gasteiger partial charge in [0.25, 0.3) is 0 Å². The highest BCUT2D eigenvalue weighted by Gasteiger charge is 2.23. The number of allylic oxidation sites excluding steroid dienone is 1. The molecule has 0 bridgehead atoms. The first-order valence-corrected chi connectivity index (χ1v) is 8.93. The van der Waals surface area contributed by atoms with Crippen LogP contribution in [0.5, 0.6) is 0 Å². The molecule has 0 fully saturated rings. The molecule has 1 aliphatic heterocycles. The van der Waals surface area contributed by atoms with E-state index in [2.05, 4.69) is 43.9 Å². The molecule has 0 spiro atoms. The largest absolute Gasteiger partial charge is 0.391 e. The SMILES string of the molecule is CCCC(O)CN1CCC(=O)N(CC=C(C)C)Cc2ccccc21. The highest BCUT2D eigenvalue weighted by molar-refractivity contribution is 5.78. The molecule has 1 heterocycles. The predicted octanol–water partition coefficient (Wildman–Crippen LogP) is 3.35. The first-order chi connectivity index (χ1) is 11.5. The van der Waals surface area contributed by atoms with Gasteiger partial charge in [0.1, 0.15) is 0 Å². The number of anilines is 1. The summed E-state index contributed by atoms with van der Waals surface area (Å²) in [6.45, 7) is 8.72. The lowest BCUT2D eigenvalue weighted by Gasteiger charge is -2.34. The minimum absolute atomic E-state index is 0.178. The van der Waals surface area contributed by atoms with Crippen LogP contribution in [0.2, 0.25) is 0 Å². The van der Waals surface area contributed by atoms with Crippen molar-refractivity contribution in [1.82, 2.24) is 4.90 Å². The maximum Gasteiger partial charge on any atom is 0.224 e. The van der Waals surface area contributed by atoms with Crippen LogP contribution in [0.1, 0.15) is 45.6 Å². The van der Waals surface area contributed by atoms with Gasteiger partial charge in [-0.05, 0) is 31.9 Å². The molecule has 132 valence electrons. The summed E-state index contributed by atoms with van der Waals surface area (Å²) in [5.74, 6) is 0.178. The van der Waals surface area contributed by atoms with E-state index in [1.165, 1.54) is 5.57 Å². The number of rotatable bonds is 6. The molecule has 1 aromatic carbocycles. The van der Waals surface area contributed by atoms with Gasteiger partial charge in [-0.3, -0.25) is 4.79 Å². The Kier molecular flexibility index (Phi) is 6.85. The van der Waals surface area contributed by atoms with E-state index in [0.29, 0.717) is 32.6 Å². The predicted molar refractivity (Wildman–Crippen MR) is 99.0 cm³/mol. The van der Waals surface area contributed by atoms with Gasteiger partial charge in [0.05, 0.1) is 6.10 Å². The summed E-state index contributed by atoms with van der Waals surface area (Å²) in [6.07, 6.45) is 4.00. The van der Waals surface area contributed by atoms with E-state index < -0.39 is 0 Å². The minimum atomic E-state index is -0.348. The fourth-order valence-electron chi connectivity index (χ4n) is 3.08. The van der Waals surface area contributed by atoms with Gasteiger partial charge in [-0.1, -0.05) is 43.2 Å². The van der Waals surface area contributed by atoms with Crippen molar-refractivity contribution in [2.75, 3.05) is 24.5 Å². The zero-order chi connectivity index (χ0) is 17.5. The Hall–Kier alpha value is -1.81. The molecule has 1 aliphatic rings. The van der Waals surface area contributed by atoms with Crippen molar-refractivity contribution in [2.24, 2.45) is 0 Å². The standard InChI is InChI=1S/C20H30N2O2/c1-4-7-18(23)15-21-13-11-20(24)22(12-10-16(2)3)14-17-8-5-6-9-19(17)21/h5-6,8-10,18,23H,4,7,11-15H2,1-3H3. The zero-order valence-corrected chi connectivity index (χ0v) is 15.2. The summed E-state index contributed by atoms with van der Waals surface area (Å²) < 4.78 is 0. The van der Waals surface area contributed by atoms with E-state index in [-0.39, 0.29) is 12.0 Å². The summed E-state index contributed by atoms with van der Waals surface area (Å²) in [5.41, 5.74) is 3.52. The summed E-state index contributed by atoms with van der Waals surface area (Å²) in [4.78, 5) is 16.6. The fraction of sp³-hybridized carbons (Fsp3) is 0.550. The summed E-state index contributed by atoms with van der Waals surface area (Å²) in [7, 11) is 0. The monoisotopic (exact) mass is 330 g/mol. The molecule has 0 radical (unpaired) electrons. The summed E-state index contributed by atoms with van der Waals surface area (Å²) in [6, 6.07) is 8.23. The lowest BCUT2D eigenvalue weighted by Crippen LogP contribution is -2.40. The van der Waals surface area contributed by atoms with Crippen molar-refractivity contribution < 1.29 is 9.90 Å². The Bertz CT molecular complexity index is 579. The van der Waals surface area contributed by atoms with Crippen molar-refractivity contribution in [1.29, 1.82) is 0 Å². The van der Waals surface area contributed by atoms with Crippen molar-refractivity contribution in [3.63, 3.8) is 0 Å². The number of aliphatic hydroxyl groups excluding tert-OH is 1. The van der Waals surface area contributed by atoms with Gasteiger partial charge in [0.15, 0.2) is 0 Å². The number of para-hydroxylation sites is 1. The first kappa shape index (κ1) is 18.5.